The van der Waals surface area contributed by atoms with Crippen LogP contribution in [-0.2, 0) is 17.5 Å². The Hall–Kier alpha value is -2.26. The minimum absolute atomic E-state index is 0. The molecule has 0 amide bonds. The van der Waals surface area contributed by atoms with E-state index in [0.29, 0.717) is 7.25 Å². The van der Waals surface area contributed by atoms with E-state index in [2.05, 4.69) is 146 Å². The van der Waals surface area contributed by atoms with Crippen LogP contribution in [0.5, 0.6) is 0 Å². The molecule has 2 bridgehead atoms. The molecule has 2 unspecified atom stereocenters. The maximum atomic E-state index is 2.74. The molecule has 2 heterocycles. The Morgan fingerprint density at radius 2 is 0.878 bits per heavy atom. The normalized spacial score (nSPS) is 18.7. The van der Waals surface area contributed by atoms with E-state index in [-0.39, 0.29) is 24.8 Å². The van der Waals surface area contributed by atoms with E-state index in [1.807, 2.05) is 0 Å². The molecule has 0 fully saturated rings. The van der Waals surface area contributed by atoms with Crippen LogP contribution < -0.4 is 24.8 Å². The van der Waals surface area contributed by atoms with Crippen molar-refractivity contribution in [2.75, 3.05) is 0 Å². The van der Waals surface area contributed by atoms with Gasteiger partial charge in [0.25, 0.3) is 0 Å². The van der Waals surface area contributed by atoms with Crippen LogP contribution in [0.2, 0.25) is 0 Å². The summed E-state index contributed by atoms with van der Waals surface area (Å²) in [6, 6.07) is 36.4. The largest absolute Gasteiger partial charge is 1.00 e. The molecule has 5 heteroatoms. The molecule has 2 aliphatic heterocycles. The van der Waals surface area contributed by atoms with Gasteiger partial charge < -0.3 is 24.8 Å². The Kier molecular flexibility index (Phi) is 7.81. The third-order valence-corrected chi connectivity index (χ3v) is 58.5. The predicted molar refractivity (Wildman–Crippen MR) is 166 cm³/mol. The molecular weight excluding hydrogens is 651 g/mol. The van der Waals surface area contributed by atoms with Gasteiger partial charge >= 0.3 is 237 Å². The summed E-state index contributed by atoms with van der Waals surface area (Å²) < 4.78 is 1.32. The van der Waals surface area contributed by atoms with Crippen LogP contribution in [0.3, 0.4) is 0 Å². The van der Waals surface area contributed by atoms with Gasteiger partial charge in [-0.2, -0.15) is 0 Å². The molecule has 0 N–H and O–H groups in total. The fourth-order valence-electron chi connectivity index (χ4n) is 8.07. The number of fused-ring (bicyclic) bond motifs is 2. The predicted octanol–water partition coefficient (Wildman–Crippen LogP) is 3.08. The molecule has 0 nitrogen and oxygen atoms in total. The molecule has 41 heavy (non-hydrogen) atoms. The van der Waals surface area contributed by atoms with Gasteiger partial charge in [-0.1, -0.05) is 0 Å². The van der Waals surface area contributed by atoms with E-state index in [0.717, 1.165) is 0 Å². The second-order valence-corrected chi connectivity index (χ2v) is 43.0. The molecule has 0 aromatic heterocycles. The van der Waals surface area contributed by atoms with Gasteiger partial charge in [-0.3, -0.25) is 0 Å². The summed E-state index contributed by atoms with van der Waals surface area (Å²) in [5.74, 6) is 0. The minimum Gasteiger partial charge on any atom is -1.00 e. The van der Waals surface area contributed by atoms with Crippen LogP contribution in [0.15, 0.2) is 131 Å². The summed E-state index contributed by atoms with van der Waals surface area (Å²) in [7, 11) is 0. The van der Waals surface area contributed by atoms with Crippen LogP contribution >= 0.6 is 0 Å². The van der Waals surface area contributed by atoms with Crippen molar-refractivity contribution < 1.29 is 42.3 Å². The van der Waals surface area contributed by atoms with E-state index in [4.69, 9.17) is 0 Å². The SMILES string of the molecule is CC1=Cc2c(-c3ccccc3)cccc2[CH]1[Zr+2]1([CH]2C(C)=Cc3c(-c4ccccc4)cccc32)=[Si]2C=C[Si]=1C=C2.[Cl-].[Cl-]. The average molecular weight is 681 g/mol. The Morgan fingerprint density at radius 1 is 0.488 bits per heavy atom. The summed E-state index contributed by atoms with van der Waals surface area (Å²) in [6.45, 7) is 4.94. The van der Waals surface area contributed by atoms with Crippen molar-refractivity contribution >= 4 is 23.0 Å². The first-order chi connectivity index (χ1) is 19.2. The third-order valence-electron chi connectivity index (χ3n) is 9.48. The van der Waals surface area contributed by atoms with Gasteiger partial charge in [-0.15, -0.1) is 0 Å². The molecule has 0 spiro atoms. The van der Waals surface area contributed by atoms with Gasteiger partial charge in [-0.25, -0.2) is 0 Å². The molecule has 4 aromatic rings. The molecular formula is C36H30Cl2Si2Zr. The summed E-state index contributed by atoms with van der Waals surface area (Å²) >= 11 is -2.98. The van der Waals surface area contributed by atoms with Crippen molar-refractivity contribution in [1.82, 2.24) is 0 Å². The zero-order valence-electron chi connectivity index (χ0n) is 23.1. The first kappa shape index (κ1) is 28.8. The molecule has 0 saturated carbocycles. The van der Waals surface area contributed by atoms with E-state index >= 15 is 0 Å². The number of hydrogen-bond acceptors (Lipinski definition) is 0. The maximum Gasteiger partial charge on any atom is -1.00 e. The Bertz CT molecular complexity index is 1790. The Balaban J connectivity index is 0.00000151. The maximum absolute atomic E-state index is 2.98. The van der Waals surface area contributed by atoms with Crippen molar-refractivity contribution in [2.45, 2.75) is 21.1 Å². The van der Waals surface area contributed by atoms with E-state index in [1.165, 1.54) is 33.4 Å². The summed E-state index contributed by atoms with van der Waals surface area (Å²) in [5, 5.41) is 0. The number of halogens is 2. The quantitative estimate of drug-likeness (QED) is 0.291. The van der Waals surface area contributed by atoms with Gasteiger partial charge in [0.05, 0.1) is 0 Å². The van der Waals surface area contributed by atoms with Crippen molar-refractivity contribution in [1.29, 1.82) is 0 Å². The van der Waals surface area contributed by atoms with Crippen LogP contribution in [-0.4, -0.2) is 10.9 Å². The number of benzene rings is 4. The van der Waals surface area contributed by atoms with Gasteiger partial charge in [-0.05, 0) is 0 Å². The van der Waals surface area contributed by atoms with E-state index < -0.39 is 28.4 Å². The van der Waals surface area contributed by atoms with Gasteiger partial charge in [0.2, 0.25) is 0 Å². The van der Waals surface area contributed by atoms with Gasteiger partial charge in [0.15, 0.2) is 0 Å². The molecule has 0 radical (unpaired) electrons. The number of allylic oxidation sites excluding steroid dienone is 2. The van der Waals surface area contributed by atoms with Gasteiger partial charge in [0, 0.05) is 0 Å². The Morgan fingerprint density at radius 3 is 1.27 bits per heavy atom. The molecule has 4 aromatic carbocycles. The second-order valence-electron chi connectivity index (χ2n) is 11.4. The van der Waals surface area contributed by atoms with Crippen molar-refractivity contribution in [3.63, 3.8) is 0 Å². The van der Waals surface area contributed by atoms with Crippen molar-refractivity contribution in [3.05, 3.63) is 153 Å². The topological polar surface area (TPSA) is 0 Å². The van der Waals surface area contributed by atoms with E-state index in [9.17, 15) is 0 Å². The first-order valence-electron chi connectivity index (χ1n) is 14.0. The summed E-state index contributed by atoms with van der Waals surface area (Å²) in [5.41, 5.74) is 24.8. The monoisotopic (exact) mass is 678 g/mol. The smallest absolute Gasteiger partial charge is 1.00 e. The average Bonchev–Trinajstić information content (AvgIpc) is 3.71. The molecule has 0 saturated heterocycles. The zero-order chi connectivity index (χ0) is 26.1. The first-order valence-corrected chi connectivity index (χ1v) is 27.5. The van der Waals surface area contributed by atoms with Gasteiger partial charge in [0.1, 0.15) is 0 Å². The second kappa shape index (κ2) is 11.1. The van der Waals surface area contributed by atoms with Crippen LogP contribution in [0.1, 0.15) is 43.4 Å². The zero-order valence-corrected chi connectivity index (χ0v) is 29.1. The molecule has 2 atom stereocenters. The fourth-order valence-corrected chi connectivity index (χ4v) is 71.0. The summed E-state index contributed by atoms with van der Waals surface area (Å²) in [6.07, 6.45) is 5.16. The van der Waals surface area contributed by atoms with Crippen LogP contribution in [0.4, 0.5) is 0 Å². The van der Waals surface area contributed by atoms with Crippen molar-refractivity contribution in [3.8, 4) is 22.3 Å². The van der Waals surface area contributed by atoms with E-state index in [1.54, 1.807) is 22.3 Å². The van der Waals surface area contributed by atoms with Crippen LogP contribution in [0.25, 0.3) is 34.4 Å². The number of hydrogen-bond donors (Lipinski definition) is 0. The molecule has 200 valence electrons. The number of rotatable bonds is 4. The van der Waals surface area contributed by atoms with Crippen LogP contribution in [0, 0.1) is 0 Å². The summed E-state index contributed by atoms with van der Waals surface area (Å²) in [4.78, 5) is 0. The molecule has 4 aliphatic rings. The fraction of sp³-hybridized carbons (Fsp3) is 0.111. The third kappa shape index (κ3) is 4.15. The molecule has 8 rings (SSSR count). The standard InChI is InChI=1S/2C16H13.C4H4Si2.2ClH.Zr/c2*1-12-10-14-8-5-9-15(16(14)11-12)13-6-3-2-4-7-13;1-2-6-4-3-5-1;;;/h2*2-11H,1H3;1-4H;2*1H;/q;;;;;+2/p-2. The Labute approximate surface area is 259 Å². The minimum atomic E-state index is -2.98. The molecule has 2 aliphatic carbocycles. The van der Waals surface area contributed by atoms with Crippen molar-refractivity contribution in [2.24, 2.45) is 0 Å².